The van der Waals surface area contributed by atoms with Crippen LogP contribution in [0.2, 0.25) is 0 Å². The number of fused-ring (bicyclic) bond motifs is 1. The molecule has 0 bridgehead atoms. The van der Waals surface area contributed by atoms with Crippen LogP contribution in [-0.2, 0) is 13.6 Å². The molecule has 1 saturated carbocycles. The number of primary amides is 1. The van der Waals surface area contributed by atoms with E-state index in [-0.39, 0.29) is 0 Å². The molecule has 9 nitrogen and oxygen atoms in total. The van der Waals surface area contributed by atoms with Crippen molar-refractivity contribution in [2.24, 2.45) is 18.2 Å². The highest BCUT2D eigenvalue weighted by Gasteiger charge is 2.50. The summed E-state index contributed by atoms with van der Waals surface area (Å²) < 4.78 is 13.7. The number of methoxy groups -OCH3 is 1. The second-order valence-corrected chi connectivity index (χ2v) is 15.8. The first kappa shape index (κ1) is 35.2. The molecule has 1 aliphatic carbocycles. The number of piperazine rings is 1. The van der Waals surface area contributed by atoms with Crippen molar-refractivity contribution in [2.45, 2.75) is 64.1 Å². The van der Waals surface area contributed by atoms with E-state index < -0.39 is 5.91 Å². The van der Waals surface area contributed by atoms with Crippen LogP contribution in [0.25, 0.3) is 11.0 Å². The van der Waals surface area contributed by atoms with E-state index in [1.165, 1.54) is 29.5 Å². The quantitative estimate of drug-likeness (QED) is 0.158. The van der Waals surface area contributed by atoms with Gasteiger partial charge in [-0.2, -0.15) is 0 Å². The number of aryl methyl sites for hydroxylation is 1. The summed E-state index contributed by atoms with van der Waals surface area (Å²) in [6.45, 7) is 10.8. The monoisotopic (exact) mass is 712 g/mol. The van der Waals surface area contributed by atoms with Gasteiger partial charge < -0.3 is 24.7 Å². The second kappa shape index (κ2) is 14.5. The van der Waals surface area contributed by atoms with Gasteiger partial charge >= 0.3 is 0 Å². The molecular weight excluding hydrogens is 661 g/mol. The average Bonchev–Trinajstić information content (AvgIpc) is 3.53. The Balaban J connectivity index is 0.947. The lowest BCUT2D eigenvalue weighted by molar-refractivity contribution is -0.0628. The highest BCUT2D eigenvalue weighted by molar-refractivity contribution is 5.96. The molecule has 8 rings (SSSR count). The van der Waals surface area contributed by atoms with E-state index in [1.54, 1.807) is 19.4 Å². The Bertz CT molecular complexity index is 2070. The van der Waals surface area contributed by atoms with E-state index >= 15 is 0 Å². The van der Waals surface area contributed by atoms with Gasteiger partial charge in [-0.1, -0.05) is 50.2 Å². The molecule has 2 aliphatic heterocycles. The Hall–Kier alpha value is -4.86. The van der Waals surface area contributed by atoms with Gasteiger partial charge in [-0.15, -0.1) is 0 Å². The molecule has 3 aromatic carbocycles. The standard InChI is InChI=1S/C44H52N6O3/c1-30(2)36-7-5-6-8-37(36)41-29-48(28-31-9-12-34(52-4)13-10-31)21-22-50(41)33-25-44(26-33)16-19-49(20-17-44)32-11-14-38(43(45)51)42(23-32)53-35-24-40-39(46-27-35)15-18-47(40)3/h5-15,18,23-24,27,30,33,41H,16-17,19-22,25-26,28-29H2,1-4H3,(H2,45,51). The Morgan fingerprint density at radius 1 is 0.943 bits per heavy atom. The van der Waals surface area contributed by atoms with Crippen LogP contribution < -0.4 is 20.1 Å². The third-order valence-corrected chi connectivity index (χ3v) is 12.2. The number of amides is 1. The van der Waals surface area contributed by atoms with Gasteiger partial charge in [-0.05, 0) is 84.0 Å². The van der Waals surface area contributed by atoms with E-state index in [0.29, 0.717) is 40.5 Å². The van der Waals surface area contributed by atoms with Crippen molar-refractivity contribution >= 4 is 22.6 Å². The molecule has 1 atom stereocenters. The zero-order valence-electron chi connectivity index (χ0n) is 31.5. The maximum Gasteiger partial charge on any atom is 0.252 e. The number of benzene rings is 3. The summed E-state index contributed by atoms with van der Waals surface area (Å²) in [6.07, 6.45) is 8.50. The van der Waals surface area contributed by atoms with Gasteiger partial charge in [0.2, 0.25) is 0 Å². The molecule has 2 saturated heterocycles. The van der Waals surface area contributed by atoms with Crippen molar-refractivity contribution in [3.05, 3.63) is 114 Å². The first-order valence-electron chi connectivity index (χ1n) is 19.2. The van der Waals surface area contributed by atoms with Crippen molar-refractivity contribution in [3.8, 4) is 17.2 Å². The van der Waals surface area contributed by atoms with Crippen molar-refractivity contribution in [1.82, 2.24) is 19.4 Å². The molecule has 1 unspecified atom stereocenters. The van der Waals surface area contributed by atoms with Crippen molar-refractivity contribution in [2.75, 3.05) is 44.7 Å². The Morgan fingerprint density at radius 3 is 2.45 bits per heavy atom. The van der Waals surface area contributed by atoms with E-state index in [9.17, 15) is 4.79 Å². The van der Waals surface area contributed by atoms with Crippen LogP contribution in [0.5, 0.6) is 17.2 Å². The zero-order valence-corrected chi connectivity index (χ0v) is 31.5. The summed E-state index contributed by atoms with van der Waals surface area (Å²) in [6, 6.07) is 28.4. The fraction of sp³-hybridized carbons (Fsp3) is 0.409. The zero-order chi connectivity index (χ0) is 36.7. The van der Waals surface area contributed by atoms with Gasteiger partial charge in [0.1, 0.15) is 17.2 Å². The Labute approximate surface area is 313 Å². The van der Waals surface area contributed by atoms with Crippen molar-refractivity contribution < 1.29 is 14.3 Å². The first-order valence-corrected chi connectivity index (χ1v) is 19.2. The number of anilines is 1. The van der Waals surface area contributed by atoms with Crippen molar-refractivity contribution in [1.29, 1.82) is 0 Å². The SMILES string of the molecule is COc1ccc(CN2CCN(C3CC4(CCN(c5ccc(C(N)=O)c(Oc6cnc7ccn(C)c7c6)c5)CC4)C3)C(c3ccccc3C(C)C)C2)cc1. The summed E-state index contributed by atoms with van der Waals surface area (Å²) in [5.41, 5.74) is 13.8. The maximum atomic E-state index is 12.4. The minimum atomic E-state index is -0.506. The topological polar surface area (TPSA) is 89.1 Å². The van der Waals surface area contributed by atoms with Crippen LogP contribution in [0.1, 0.15) is 78.5 Å². The largest absolute Gasteiger partial charge is 0.497 e. The number of piperidine rings is 1. The summed E-state index contributed by atoms with van der Waals surface area (Å²) in [7, 11) is 3.70. The van der Waals surface area contributed by atoms with Gasteiger partial charge in [0.15, 0.2) is 0 Å². The lowest BCUT2D eigenvalue weighted by atomic mass is 9.59. The van der Waals surface area contributed by atoms with Crippen LogP contribution in [0.3, 0.4) is 0 Å². The van der Waals surface area contributed by atoms with Gasteiger partial charge in [-0.3, -0.25) is 19.6 Å². The molecule has 3 fully saturated rings. The molecule has 2 aromatic heterocycles. The summed E-state index contributed by atoms with van der Waals surface area (Å²) in [5, 5.41) is 0. The fourth-order valence-corrected chi connectivity index (χ4v) is 9.16. The predicted molar refractivity (Wildman–Crippen MR) is 211 cm³/mol. The molecule has 2 N–H and O–H groups in total. The minimum absolute atomic E-state index is 0.369. The number of nitrogens with zero attached hydrogens (tertiary/aromatic N) is 5. The van der Waals surface area contributed by atoms with Crippen LogP contribution in [0.15, 0.2) is 91.3 Å². The average molecular weight is 713 g/mol. The molecular formula is C44H52N6O3. The summed E-state index contributed by atoms with van der Waals surface area (Å²) in [4.78, 5) is 24.9. The second-order valence-electron chi connectivity index (χ2n) is 15.8. The Kier molecular flexibility index (Phi) is 9.64. The predicted octanol–water partition coefficient (Wildman–Crippen LogP) is 7.90. The number of pyridine rings is 1. The minimum Gasteiger partial charge on any atom is -0.497 e. The molecule has 4 heterocycles. The van der Waals surface area contributed by atoms with Crippen molar-refractivity contribution in [3.63, 3.8) is 0 Å². The van der Waals surface area contributed by atoms with Crippen LogP contribution in [-0.4, -0.2) is 71.1 Å². The third kappa shape index (κ3) is 7.12. The molecule has 3 aliphatic rings. The van der Waals surface area contributed by atoms with Crippen LogP contribution in [0.4, 0.5) is 5.69 Å². The lowest BCUT2D eigenvalue weighted by Gasteiger charge is -2.58. The summed E-state index contributed by atoms with van der Waals surface area (Å²) in [5.74, 6) is 1.92. The third-order valence-electron chi connectivity index (χ3n) is 12.2. The fourth-order valence-electron chi connectivity index (χ4n) is 9.16. The first-order chi connectivity index (χ1) is 25.7. The van der Waals surface area contributed by atoms with Gasteiger partial charge in [0.25, 0.3) is 5.91 Å². The smallest absolute Gasteiger partial charge is 0.252 e. The molecule has 276 valence electrons. The molecule has 1 spiro atoms. The molecule has 9 heteroatoms. The number of ether oxygens (including phenoxy) is 2. The van der Waals surface area contributed by atoms with E-state index in [1.807, 2.05) is 42.1 Å². The number of aromatic nitrogens is 2. The number of rotatable bonds is 10. The number of carbonyl (C=O) groups is 1. The van der Waals surface area contributed by atoms with Crippen LogP contribution in [0, 0.1) is 5.41 Å². The molecule has 0 radical (unpaired) electrons. The highest BCUT2D eigenvalue weighted by atomic mass is 16.5. The molecule has 53 heavy (non-hydrogen) atoms. The highest BCUT2D eigenvalue weighted by Crippen LogP contribution is 2.53. The maximum absolute atomic E-state index is 12.4. The van der Waals surface area contributed by atoms with Gasteiger partial charge in [0.05, 0.1) is 29.9 Å². The number of hydrogen-bond donors (Lipinski definition) is 1. The van der Waals surface area contributed by atoms with E-state index in [0.717, 1.165) is 74.6 Å². The normalized spacial score (nSPS) is 19.5. The number of carbonyl (C=O) groups excluding carboxylic acids is 1. The van der Waals surface area contributed by atoms with Gasteiger partial charge in [-0.25, -0.2) is 0 Å². The van der Waals surface area contributed by atoms with E-state index in [2.05, 4.69) is 82.1 Å². The molecule has 1 amide bonds. The number of nitrogens with two attached hydrogens (primary N) is 1. The molecule has 5 aromatic rings. The van der Waals surface area contributed by atoms with E-state index in [4.69, 9.17) is 15.2 Å². The Morgan fingerprint density at radius 2 is 1.72 bits per heavy atom. The number of hydrogen-bond acceptors (Lipinski definition) is 7. The lowest BCUT2D eigenvalue weighted by Crippen LogP contribution is -2.60. The van der Waals surface area contributed by atoms with Gasteiger partial charge in [0, 0.05) is 82.4 Å². The summed E-state index contributed by atoms with van der Waals surface area (Å²) >= 11 is 0. The van der Waals surface area contributed by atoms with Crippen LogP contribution >= 0.6 is 0 Å².